The predicted molar refractivity (Wildman–Crippen MR) is 107 cm³/mol. The number of benzene rings is 1. The molecule has 0 saturated carbocycles. The fourth-order valence-corrected chi connectivity index (χ4v) is 3.82. The number of aromatic nitrogens is 2. The highest BCUT2D eigenvalue weighted by atomic mass is 19.1. The molecular formula is C21H24FN5O3. The molecule has 0 radical (unpaired) electrons. The van der Waals surface area contributed by atoms with Gasteiger partial charge >= 0.3 is 6.03 Å². The van der Waals surface area contributed by atoms with E-state index in [9.17, 15) is 18.8 Å². The van der Waals surface area contributed by atoms with Gasteiger partial charge in [0.1, 0.15) is 11.4 Å². The van der Waals surface area contributed by atoms with E-state index in [4.69, 9.17) is 0 Å². The van der Waals surface area contributed by atoms with Crippen LogP contribution in [0.5, 0.6) is 0 Å². The zero-order valence-electron chi connectivity index (χ0n) is 17.0. The van der Waals surface area contributed by atoms with Crippen LogP contribution in [0.25, 0.3) is 11.3 Å². The van der Waals surface area contributed by atoms with Crippen molar-refractivity contribution in [3.63, 3.8) is 0 Å². The van der Waals surface area contributed by atoms with Crippen molar-refractivity contribution in [2.75, 3.05) is 13.1 Å². The van der Waals surface area contributed by atoms with Gasteiger partial charge in [0.05, 0.1) is 17.9 Å². The molecule has 1 saturated heterocycles. The summed E-state index contributed by atoms with van der Waals surface area (Å²) in [5.41, 5.74) is 1.51. The number of hydrogen-bond acceptors (Lipinski definition) is 4. The van der Waals surface area contributed by atoms with E-state index in [1.807, 2.05) is 10.7 Å². The molecule has 0 bridgehead atoms. The van der Waals surface area contributed by atoms with Gasteiger partial charge in [-0.2, -0.15) is 5.10 Å². The summed E-state index contributed by atoms with van der Waals surface area (Å²) in [6, 6.07) is 7.61. The summed E-state index contributed by atoms with van der Waals surface area (Å²) in [5.74, 6) is -0.735. The van der Waals surface area contributed by atoms with Crippen LogP contribution in [0, 0.1) is 5.82 Å². The van der Waals surface area contributed by atoms with Gasteiger partial charge < -0.3 is 10.2 Å². The number of hydrogen-bond donors (Lipinski definition) is 1. The van der Waals surface area contributed by atoms with Gasteiger partial charge in [0.25, 0.3) is 5.91 Å². The lowest BCUT2D eigenvalue weighted by atomic mass is 10.1. The van der Waals surface area contributed by atoms with E-state index in [1.165, 1.54) is 12.1 Å². The van der Waals surface area contributed by atoms with Gasteiger partial charge in [0.2, 0.25) is 5.91 Å². The quantitative estimate of drug-likeness (QED) is 0.778. The molecule has 0 spiro atoms. The molecule has 0 unspecified atom stereocenters. The molecule has 158 valence electrons. The topological polar surface area (TPSA) is 87.5 Å². The van der Waals surface area contributed by atoms with Crippen LogP contribution in [0.2, 0.25) is 0 Å². The van der Waals surface area contributed by atoms with Crippen LogP contribution >= 0.6 is 0 Å². The van der Waals surface area contributed by atoms with Crippen LogP contribution in [0.3, 0.4) is 0 Å². The molecule has 2 aliphatic rings. The lowest BCUT2D eigenvalue weighted by Crippen LogP contribution is -2.41. The fraction of sp³-hybridized carbons (Fsp3) is 0.429. The minimum absolute atomic E-state index is 0.0590. The van der Waals surface area contributed by atoms with Gasteiger partial charge in [-0.15, -0.1) is 0 Å². The summed E-state index contributed by atoms with van der Waals surface area (Å²) in [7, 11) is 0. The number of amides is 4. The van der Waals surface area contributed by atoms with Crippen LogP contribution < -0.4 is 5.32 Å². The molecule has 1 aromatic carbocycles. The fourth-order valence-electron chi connectivity index (χ4n) is 3.82. The van der Waals surface area contributed by atoms with Crippen molar-refractivity contribution < 1.29 is 18.8 Å². The Balaban J connectivity index is 1.43. The van der Waals surface area contributed by atoms with Gasteiger partial charge in [-0.05, 0) is 50.6 Å². The van der Waals surface area contributed by atoms with Gasteiger partial charge in [-0.1, -0.05) is 0 Å². The molecule has 30 heavy (non-hydrogen) atoms. The Morgan fingerprint density at radius 2 is 1.93 bits per heavy atom. The van der Waals surface area contributed by atoms with E-state index < -0.39 is 11.6 Å². The lowest BCUT2D eigenvalue weighted by molar-refractivity contribution is -0.133. The number of halogens is 1. The van der Waals surface area contributed by atoms with Gasteiger partial charge in [-0.3, -0.25) is 19.2 Å². The molecule has 1 fully saturated rings. The molecule has 0 atom stereocenters. The number of carbonyl (C=O) groups is 3. The predicted octanol–water partition coefficient (Wildman–Crippen LogP) is 2.14. The van der Waals surface area contributed by atoms with E-state index in [-0.39, 0.29) is 30.6 Å². The minimum Gasteiger partial charge on any atom is -0.337 e. The normalized spacial score (nSPS) is 18.2. The number of urea groups is 1. The highest BCUT2D eigenvalue weighted by molar-refractivity contribution is 6.06. The van der Waals surface area contributed by atoms with E-state index >= 15 is 0 Å². The number of carbonyl (C=O) groups excluding carboxylic acids is 3. The first-order valence-electron chi connectivity index (χ1n) is 9.99. The molecule has 4 amide bonds. The Morgan fingerprint density at radius 3 is 2.60 bits per heavy atom. The number of imide groups is 1. The number of nitrogens with zero attached hydrogens (tertiary/aromatic N) is 4. The standard InChI is InChI=1S/C21H24FN5O3/c1-21(2)19(29)26(20(30)23-21)11-8-18(28)25-9-3-10-27-16(13-25)12-17(24-27)14-4-6-15(22)7-5-14/h4-7,12H,3,8-11,13H2,1-2H3,(H,23,30). The second-order valence-electron chi connectivity index (χ2n) is 8.18. The largest absolute Gasteiger partial charge is 0.337 e. The van der Waals surface area contributed by atoms with E-state index in [0.29, 0.717) is 19.6 Å². The Labute approximate surface area is 173 Å². The molecule has 8 nitrogen and oxygen atoms in total. The lowest BCUT2D eigenvalue weighted by Gasteiger charge is -2.21. The molecule has 2 aromatic rings. The smallest absolute Gasteiger partial charge is 0.325 e. The first-order valence-corrected chi connectivity index (χ1v) is 9.99. The van der Waals surface area contributed by atoms with E-state index in [0.717, 1.165) is 28.3 Å². The third-order valence-corrected chi connectivity index (χ3v) is 5.50. The molecule has 4 rings (SSSR count). The summed E-state index contributed by atoms with van der Waals surface area (Å²) >= 11 is 0. The van der Waals surface area contributed by atoms with Crippen LogP contribution in [0.15, 0.2) is 30.3 Å². The van der Waals surface area contributed by atoms with Gasteiger partial charge in [-0.25, -0.2) is 9.18 Å². The Morgan fingerprint density at radius 1 is 1.20 bits per heavy atom. The summed E-state index contributed by atoms with van der Waals surface area (Å²) in [5, 5.41) is 7.22. The number of rotatable bonds is 4. The summed E-state index contributed by atoms with van der Waals surface area (Å²) in [6.07, 6.45) is 0.827. The van der Waals surface area contributed by atoms with Crippen molar-refractivity contribution in [3.8, 4) is 11.3 Å². The average Bonchev–Trinajstić information content (AvgIpc) is 3.09. The maximum atomic E-state index is 13.2. The summed E-state index contributed by atoms with van der Waals surface area (Å²) in [6.45, 7) is 5.01. The van der Waals surface area contributed by atoms with Crippen LogP contribution in [0.1, 0.15) is 32.4 Å². The zero-order valence-corrected chi connectivity index (χ0v) is 17.0. The maximum Gasteiger partial charge on any atom is 0.325 e. The van der Waals surface area contributed by atoms with Crippen molar-refractivity contribution >= 4 is 17.8 Å². The molecule has 3 heterocycles. The van der Waals surface area contributed by atoms with Crippen molar-refractivity contribution in [3.05, 3.63) is 41.8 Å². The third kappa shape index (κ3) is 3.79. The second kappa shape index (κ2) is 7.55. The van der Waals surface area contributed by atoms with Crippen molar-refractivity contribution in [2.45, 2.75) is 45.3 Å². The average molecular weight is 413 g/mol. The van der Waals surface area contributed by atoms with Crippen molar-refractivity contribution in [1.82, 2.24) is 24.9 Å². The third-order valence-electron chi connectivity index (χ3n) is 5.50. The van der Waals surface area contributed by atoms with Crippen LogP contribution in [-0.2, 0) is 22.7 Å². The number of aryl methyl sites for hydroxylation is 1. The van der Waals surface area contributed by atoms with Crippen molar-refractivity contribution in [2.24, 2.45) is 0 Å². The van der Waals surface area contributed by atoms with Gasteiger partial charge in [0.15, 0.2) is 0 Å². The van der Waals surface area contributed by atoms with Gasteiger partial charge in [0, 0.05) is 31.6 Å². The van der Waals surface area contributed by atoms with Crippen LogP contribution in [0.4, 0.5) is 9.18 Å². The number of fused-ring (bicyclic) bond motifs is 1. The maximum absolute atomic E-state index is 13.2. The van der Waals surface area contributed by atoms with E-state index in [1.54, 1.807) is 30.9 Å². The monoisotopic (exact) mass is 413 g/mol. The van der Waals surface area contributed by atoms with Crippen molar-refractivity contribution in [1.29, 1.82) is 0 Å². The molecule has 0 aliphatic carbocycles. The summed E-state index contributed by atoms with van der Waals surface area (Å²) < 4.78 is 15.1. The number of nitrogens with one attached hydrogen (secondary N) is 1. The zero-order chi connectivity index (χ0) is 21.5. The van der Waals surface area contributed by atoms with Crippen LogP contribution in [-0.4, -0.2) is 56.1 Å². The highest BCUT2D eigenvalue weighted by Gasteiger charge is 2.44. The minimum atomic E-state index is -0.939. The molecular weight excluding hydrogens is 389 g/mol. The Bertz CT molecular complexity index is 999. The van der Waals surface area contributed by atoms with E-state index in [2.05, 4.69) is 10.4 Å². The summed E-state index contributed by atoms with van der Waals surface area (Å²) in [4.78, 5) is 39.9. The molecule has 1 N–H and O–H groups in total. The first kappa shape index (κ1) is 20.1. The molecule has 2 aliphatic heterocycles. The second-order valence-corrected chi connectivity index (χ2v) is 8.18. The first-order chi connectivity index (χ1) is 14.2. The SMILES string of the molecule is CC1(C)NC(=O)N(CCC(=O)N2CCCn3nc(-c4ccc(F)cc4)cc3C2)C1=O. The Kier molecular flexibility index (Phi) is 5.05. The molecule has 9 heteroatoms. The molecule has 1 aromatic heterocycles. The highest BCUT2D eigenvalue weighted by Crippen LogP contribution is 2.23. The Hall–Kier alpha value is -3.23.